The first-order valence-corrected chi connectivity index (χ1v) is 9.22. The van der Waals surface area contributed by atoms with Gasteiger partial charge in [0, 0.05) is 37.1 Å². The lowest BCUT2D eigenvalue weighted by molar-refractivity contribution is 0.314. The zero-order valence-electron chi connectivity index (χ0n) is 12.8. The molecule has 22 heavy (non-hydrogen) atoms. The number of aromatic nitrogens is 3. The van der Waals surface area contributed by atoms with E-state index in [0.717, 1.165) is 30.2 Å². The Morgan fingerprint density at radius 3 is 2.82 bits per heavy atom. The maximum absolute atomic E-state index is 11.8. The summed E-state index contributed by atoms with van der Waals surface area (Å²) in [6, 6.07) is 5.89. The van der Waals surface area contributed by atoms with Gasteiger partial charge >= 0.3 is 0 Å². The number of rotatable bonds is 3. The molecule has 2 aromatic rings. The largest absolute Gasteiger partial charge is 0.288 e. The van der Waals surface area contributed by atoms with Crippen molar-refractivity contribution in [1.29, 1.82) is 0 Å². The normalized spacial score (nSPS) is 20.2. The summed E-state index contributed by atoms with van der Waals surface area (Å²) in [5, 5.41) is 0. The first-order valence-electron chi connectivity index (χ1n) is 7.37. The highest BCUT2D eigenvalue weighted by Crippen LogP contribution is 2.27. The minimum absolute atomic E-state index is 0.146. The van der Waals surface area contributed by atoms with Crippen LogP contribution in [-0.4, -0.2) is 46.6 Å². The molecule has 0 amide bonds. The molecule has 0 N–H and O–H groups in total. The summed E-state index contributed by atoms with van der Waals surface area (Å²) in [6.45, 7) is 3.05. The summed E-state index contributed by atoms with van der Waals surface area (Å²) in [6.07, 6.45) is 6.73. The smallest absolute Gasteiger partial charge is 0.211 e. The number of hydrogen-bond donors (Lipinski definition) is 0. The quantitative estimate of drug-likeness (QED) is 0.863. The lowest BCUT2D eigenvalue weighted by atomic mass is 9.95. The van der Waals surface area contributed by atoms with E-state index in [2.05, 4.69) is 4.98 Å². The fourth-order valence-corrected chi connectivity index (χ4v) is 3.82. The predicted octanol–water partition coefficient (Wildman–Crippen LogP) is 1.71. The van der Waals surface area contributed by atoms with Crippen molar-refractivity contribution in [3.63, 3.8) is 0 Å². The summed E-state index contributed by atoms with van der Waals surface area (Å²) in [5.41, 5.74) is 0.943. The molecule has 0 spiro atoms. The molecule has 0 bridgehead atoms. The van der Waals surface area contributed by atoms with E-state index in [1.807, 2.05) is 35.9 Å². The van der Waals surface area contributed by atoms with E-state index in [4.69, 9.17) is 4.98 Å². The maximum atomic E-state index is 11.8. The minimum Gasteiger partial charge on any atom is -0.288 e. The number of pyridine rings is 1. The molecule has 2 aromatic heterocycles. The number of imidazole rings is 1. The highest BCUT2D eigenvalue weighted by molar-refractivity contribution is 7.88. The summed E-state index contributed by atoms with van der Waals surface area (Å²) in [5.74, 6) is 1.85. The number of sulfonamides is 1. The summed E-state index contributed by atoms with van der Waals surface area (Å²) in [7, 11) is -3.14. The van der Waals surface area contributed by atoms with Gasteiger partial charge in [-0.2, -0.15) is 0 Å². The van der Waals surface area contributed by atoms with Crippen molar-refractivity contribution in [1.82, 2.24) is 18.8 Å². The SMILES string of the molecule is Cc1nccn1-c1cccc(C2CCCN(S(C)(=O)=O)C2)n1. The van der Waals surface area contributed by atoms with Gasteiger partial charge in [0.15, 0.2) is 0 Å². The van der Waals surface area contributed by atoms with Crippen molar-refractivity contribution < 1.29 is 8.42 Å². The number of piperidine rings is 1. The molecule has 0 radical (unpaired) electrons. The summed E-state index contributed by atoms with van der Waals surface area (Å²) in [4.78, 5) is 8.93. The monoisotopic (exact) mass is 320 g/mol. The van der Waals surface area contributed by atoms with Crippen LogP contribution < -0.4 is 0 Å². The van der Waals surface area contributed by atoms with Crippen LogP contribution in [0, 0.1) is 6.92 Å². The Kier molecular flexibility index (Phi) is 4.01. The molecule has 0 aliphatic carbocycles. The molecule has 1 unspecified atom stereocenters. The first-order chi connectivity index (χ1) is 10.4. The summed E-state index contributed by atoms with van der Waals surface area (Å²) >= 11 is 0. The van der Waals surface area contributed by atoms with Crippen molar-refractivity contribution in [2.75, 3.05) is 19.3 Å². The van der Waals surface area contributed by atoms with Gasteiger partial charge < -0.3 is 0 Å². The van der Waals surface area contributed by atoms with Gasteiger partial charge in [-0.05, 0) is 31.9 Å². The predicted molar refractivity (Wildman–Crippen MR) is 84.5 cm³/mol. The Bertz CT molecular complexity index is 769. The fourth-order valence-electron chi connectivity index (χ4n) is 2.91. The van der Waals surface area contributed by atoms with Crippen LogP contribution in [0.4, 0.5) is 0 Å². The summed E-state index contributed by atoms with van der Waals surface area (Å²) < 4.78 is 27.0. The molecule has 3 heterocycles. The molecule has 7 heteroatoms. The molecular weight excluding hydrogens is 300 g/mol. The Morgan fingerprint density at radius 1 is 1.32 bits per heavy atom. The Labute approximate surface area is 130 Å². The van der Waals surface area contributed by atoms with Crippen molar-refractivity contribution in [3.05, 3.63) is 42.1 Å². The fraction of sp³-hybridized carbons (Fsp3) is 0.467. The van der Waals surface area contributed by atoms with Gasteiger partial charge in [-0.15, -0.1) is 0 Å². The van der Waals surface area contributed by atoms with Crippen LogP contribution in [0.5, 0.6) is 0 Å². The molecule has 0 saturated carbocycles. The highest BCUT2D eigenvalue weighted by Gasteiger charge is 2.27. The third-order valence-electron chi connectivity index (χ3n) is 4.10. The first kappa shape index (κ1) is 15.2. The maximum Gasteiger partial charge on any atom is 0.211 e. The Morgan fingerprint density at radius 2 is 2.14 bits per heavy atom. The van der Waals surface area contributed by atoms with Gasteiger partial charge in [0.2, 0.25) is 10.0 Å². The zero-order chi connectivity index (χ0) is 15.7. The third-order valence-corrected chi connectivity index (χ3v) is 5.37. The van der Waals surface area contributed by atoms with E-state index in [9.17, 15) is 8.42 Å². The van der Waals surface area contributed by atoms with Gasteiger partial charge in [-0.3, -0.25) is 4.57 Å². The van der Waals surface area contributed by atoms with E-state index in [1.165, 1.54) is 6.26 Å². The van der Waals surface area contributed by atoms with Crippen molar-refractivity contribution >= 4 is 10.0 Å². The number of nitrogens with zero attached hydrogens (tertiary/aromatic N) is 4. The van der Waals surface area contributed by atoms with E-state index in [-0.39, 0.29) is 5.92 Å². The molecule has 1 saturated heterocycles. The molecule has 1 aliphatic heterocycles. The van der Waals surface area contributed by atoms with Crippen molar-refractivity contribution in [2.45, 2.75) is 25.7 Å². The highest BCUT2D eigenvalue weighted by atomic mass is 32.2. The molecule has 3 rings (SSSR count). The van der Waals surface area contributed by atoms with Gasteiger partial charge in [0.05, 0.1) is 6.26 Å². The van der Waals surface area contributed by atoms with Gasteiger partial charge in [-0.25, -0.2) is 22.7 Å². The van der Waals surface area contributed by atoms with Crippen LogP contribution in [0.25, 0.3) is 5.82 Å². The van der Waals surface area contributed by atoms with Crippen LogP contribution in [0.15, 0.2) is 30.6 Å². The van der Waals surface area contributed by atoms with Crippen molar-refractivity contribution in [2.24, 2.45) is 0 Å². The van der Waals surface area contributed by atoms with E-state index < -0.39 is 10.0 Å². The average molecular weight is 320 g/mol. The van der Waals surface area contributed by atoms with Crippen LogP contribution in [0.2, 0.25) is 0 Å². The van der Waals surface area contributed by atoms with Crippen LogP contribution in [0.3, 0.4) is 0 Å². The Hall–Kier alpha value is -1.73. The molecule has 1 atom stereocenters. The van der Waals surface area contributed by atoms with E-state index >= 15 is 0 Å². The minimum atomic E-state index is -3.14. The Balaban J connectivity index is 1.88. The van der Waals surface area contributed by atoms with Crippen LogP contribution in [-0.2, 0) is 10.0 Å². The second-order valence-corrected chi connectivity index (χ2v) is 7.71. The van der Waals surface area contributed by atoms with Crippen LogP contribution >= 0.6 is 0 Å². The van der Waals surface area contributed by atoms with Gasteiger partial charge in [-0.1, -0.05) is 6.07 Å². The zero-order valence-corrected chi connectivity index (χ0v) is 13.6. The molecule has 1 fully saturated rings. The molecule has 118 valence electrons. The number of aryl methyl sites for hydroxylation is 1. The molecular formula is C15H20N4O2S. The van der Waals surface area contributed by atoms with Gasteiger partial charge in [0.25, 0.3) is 0 Å². The lowest BCUT2D eigenvalue weighted by Gasteiger charge is -2.30. The lowest BCUT2D eigenvalue weighted by Crippen LogP contribution is -2.38. The van der Waals surface area contributed by atoms with Crippen LogP contribution in [0.1, 0.15) is 30.3 Å². The molecule has 6 nitrogen and oxygen atoms in total. The molecule has 0 aromatic carbocycles. The second-order valence-electron chi connectivity index (χ2n) is 5.73. The third kappa shape index (κ3) is 3.05. The van der Waals surface area contributed by atoms with E-state index in [0.29, 0.717) is 13.1 Å². The van der Waals surface area contributed by atoms with E-state index in [1.54, 1.807) is 10.5 Å². The average Bonchev–Trinajstić information content (AvgIpc) is 2.93. The van der Waals surface area contributed by atoms with Gasteiger partial charge in [0.1, 0.15) is 11.6 Å². The topological polar surface area (TPSA) is 68.1 Å². The van der Waals surface area contributed by atoms with Crippen molar-refractivity contribution in [3.8, 4) is 5.82 Å². The standard InChI is InChI=1S/C15H20N4O2S/c1-12-16-8-10-19(12)15-7-3-6-14(17-15)13-5-4-9-18(11-13)22(2,20)21/h3,6-8,10,13H,4-5,9,11H2,1-2H3. The second kappa shape index (κ2) is 5.81. The molecule has 1 aliphatic rings. The number of hydrogen-bond acceptors (Lipinski definition) is 4.